The van der Waals surface area contributed by atoms with Gasteiger partial charge in [-0.25, -0.2) is 0 Å². The zero-order valence-electron chi connectivity index (χ0n) is 9.37. The fraction of sp³-hybridized carbons (Fsp3) is 0.800. The van der Waals surface area contributed by atoms with Crippen LogP contribution in [0.5, 0.6) is 0 Å². The molecule has 0 spiro atoms. The predicted octanol–water partition coefficient (Wildman–Crippen LogP) is 2.37. The Morgan fingerprint density at radius 2 is 2.00 bits per heavy atom. The summed E-state index contributed by atoms with van der Waals surface area (Å²) in [5.41, 5.74) is 0. The highest BCUT2D eigenvalue weighted by molar-refractivity contribution is 7.11. The molecule has 0 radical (unpaired) electrons. The molecule has 14 heavy (non-hydrogen) atoms. The summed E-state index contributed by atoms with van der Waals surface area (Å²) in [4.78, 5) is 0. The Labute approximate surface area is 89.9 Å². The third kappa shape index (κ3) is 4.15. The predicted molar refractivity (Wildman–Crippen MR) is 60.4 cm³/mol. The fourth-order valence-corrected chi connectivity index (χ4v) is 2.12. The monoisotopic (exact) mass is 213 g/mol. The van der Waals surface area contributed by atoms with Gasteiger partial charge in [0, 0.05) is 12.6 Å². The number of aryl methyl sites for hydroxylation is 1. The molecule has 0 saturated carbocycles. The van der Waals surface area contributed by atoms with Crippen LogP contribution in [0.15, 0.2) is 0 Å². The highest BCUT2D eigenvalue weighted by Crippen LogP contribution is 2.09. The van der Waals surface area contributed by atoms with Crippen LogP contribution >= 0.6 is 11.3 Å². The number of nitrogens with zero attached hydrogens (tertiary/aromatic N) is 2. The topological polar surface area (TPSA) is 37.8 Å². The van der Waals surface area contributed by atoms with Crippen LogP contribution in [0.1, 0.15) is 37.2 Å². The molecular formula is C10H19N3S. The Hall–Kier alpha value is -0.480. The SMILES string of the molecule is Cc1nnc(CNC(C)CC(C)C)s1. The van der Waals surface area contributed by atoms with Crippen molar-refractivity contribution in [3.8, 4) is 0 Å². The third-order valence-electron chi connectivity index (χ3n) is 1.99. The van der Waals surface area contributed by atoms with Gasteiger partial charge in [0.2, 0.25) is 0 Å². The first-order valence-electron chi connectivity index (χ1n) is 5.10. The molecule has 1 atom stereocenters. The van der Waals surface area contributed by atoms with Crippen molar-refractivity contribution in [2.45, 2.75) is 46.7 Å². The van der Waals surface area contributed by atoms with Gasteiger partial charge in [-0.15, -0.1) is 21.5 Å². The van der Waals surface area contributed by atoms with Crippen LogP contribution in [0.2, 0.25) is 0 Å². The van der Waals surface area contributed by atoms with Gasteiger partial charge in [0.1, 0.15) is 10.0 Å². The summed E-state index contributed by atoms with van der Waals surface area (Å²) in [5, 5.41) is 13.6. The van der Waals surface area contributed by atoms with Crippen LogP contribution < -0.4 is 5.32 Å². The molecule has 3 nitrogen and oxygen atoms in total. The van der Waals surface area contributed by atoms with Gasteiger partial charge in [-0.05, 0) is 26.2 Å². The Morgan fingerprint density at radius 1 is 1.29 bits per heavy atom. The van der Waals surface area contributed by atoms with Crippen molar-refractivity contribution in [1.29, 1.82) is 0 Å². The highest BCUT2D eigenvalue weighted by atomic mass is 32.1. The van der Waals surface area contributed by atoms with Gasteiger partial charge in [0.25, 0.3) is 0 Å². The molecule has 0 aliphatic carbocycles. The number of rotatable bonds is 5. The summed E-state index contributed by atoms with van der Waals surface area (Å²) < 4.78 is 0. The van der Waals surface area contributed by atoms with Gasteiger partial charge >= 0.3 is 0 Å². The van der Waals surface area contributed by atoms with E-state index < -0.39 is 0 Å². The molecule has 0 fully saturated rings. The summed E-state index contributed by atoms with van der Waals surface area (Å²) in [6.45, 7) is 9.53. The molecular weight excluding hydrogens is 194 g/mol. The van der Waals surface area contributed by atoms with Crippen LogP contribution in [0, 0.1) is 12.8 Å². The summed E-state index contributed by atoms with van der Waals surface area (Å²) in [6.07, 6.45) is 1.21. The molecule has 1 rings (SSSR count). The minimum Gasteiger partial charge on any atom is -0.308 e. The van der Waals surface area contributed by atoms with Gasteiger partial charge in [-0.2, -0.15) is 0 Å². The van der Waals surface area contributed by atoms with Crippen molar-refractivity contribution >= 4 is 11.3 Å². The quantitative estimate of drug-likeness (QED) is 0.816. The smallest absolute Gasteiger partial charge is 0.131 e. The molecule has 0 saturated heterocycles. The minimum atomic E-state index is 0.555. The van der Waals surface area contributed by atoms with E-state index in [2.05, 4.69) is 36.3 Å². The molecule has 1 N–H and O–H groups in total. The Balaban J connectivity index is 2.26. The molecule has 1 aromatic heterocycles. The molecule has 1 unspecified atom stereocenters. The van der Waals surface area contributed by atoms with E-state index in [9.17, 15) is 0 Å². The van der Waals surface area contributed by atoms with Gasteiger partial charge < -0.3 is 5.32 Å². The molecule has 0 aromatic carbocycles. The molecule has 1 heterocycles. The first-order valence-corrected chi connectivity index (χ1v) is 5.92. The van der Waals surface area contributed by atoms with E-state index in [4.69, 9.17) is 0 Å². The second-order valence-corrected chi connectivity index (χ2v) is 5.39. The standard InChI is InChI=1S/C10H19N3S/c1-7(2)5-8(3)11-6-10-13-12-9(4)14-10/h7-8,11H,5-6H2,1-4H3. The van der Waals surface area contributed by atoms with E-state index in [-0.39, 0.29) is 0 Å². The maximum atomic E-state index is 4.07. The first-order chi connectivity index (χ1) is 6.58. The van der Waals surface area contributed by atoms with Crippen LogP contribution in [-0.2, 0) is 6.54 Å². The van der Waals surface area contributed by atoms with E-state index in [1.165, 1.54) is 6.42 Å². The van der Waals surface area contributed by atoms with E-state index in [0.717, 1.165) is 22.5 Å². The number of nitrogens with one attached hydrogen (secondary N) is 1. The van der Waals surface area contributed by atoms with Gasteiger partial charge in [-0.1, -0.05) is 13.8 Å². The second kappa shape index (κ2) is 5.41. The molecule has 80 valence electrons. The lowest BCUT2D eigenvalue weighted by Crippen LogP contribution is -2.26. The van der Waals surface area contributed by atoms with Crippen LogP contribution in [-0.4, -0.2) is 16.2 Å². The number of hydrogen-bond acceptors (Lipinski definition) is 4. The number of aromatic nitrogens is 2. The Morgan fingerprint density at radius 3 is 2.50 bits per heavy atom. The lowest BCUT2D eigenvalue weighted by molar-refractivity contribution is 0.440. The Kier molecular flexibility index (Phi) is 4.48. The molecule has 0 bridgehead atoms. The van der Waals surface area contributed by atoms with Gasteiger partial charge in [0.15, 0.2) is 0 Å². The fourth-order valence-electron chi connectivity index (χ4n) is 1.46. The number of hydrogen-bond donors (Lipinski definition) is 1. The minimum absolute atomic E-state index is 0.555. The van der Waals surface area contributed by atoms with Gasteiger partial charge in [-0.3, -0.25) is 0 Å². The van der Waals surface area contributed by atoms with Crippen molar-refractivity contribution in [3.63, 3.8) is 0 Å². The zero-order chi connectivity index (χ0) is 10.6. The Bertz CT molecular complexity index is 270. The van der Waals surface area contributed by atoms with Crippen LogP contribution in [0.3, 0.4) is 0 Å². The maximum Gasteiger partial charge on any atom is 0.131 e. The van der Waals surface area contributed by atoms with Crippen LogP contribution in [0.4, 0.5) is 0 Å². The lowest BCUT2D eigenvalue weighted by Gasteiger charge is -2.14. The largest absolute Gasteiger partial charge is 0.308 e. The van der Waals surface area contributed by atoms with Gasteiger partial charge in [0.05, 0.1) is 0 Å². The second-order valence-electron chi connectivity index (χ2n) is 4.13. The van der Waals surface area contributed by atoms with E-state index in [1.807, 2.05) is 6.92 Å². The summed E-state index contributed by atoms with van der Waals surface area (Å²) in [5.74, 6) is 0.744. The average molecular weight is 213 g/mol. The molecule has 0 aliphatic rings. The van der Waals surface area contributed by atoms with Crippen molar-refractivity contribution in [2.24, 2.45) is 5.92 Å². The molecule has 0 aliphatic heterocycles. The van der Waals surface area contributed by atoms with Crippen molar-refractivity contribution in [2.75, 3.05) is 0 Å². The first kappa shape index (κ1) is 11.6. The highest BCUT2D eigenvalue weighted by Gasteiger charge is 2.06. The average Bonchev–Trinajstić information content (AvgIpc) is 2.47. The zero-order valence-corrected chi connectivity index (χ0v) is 10.2. The summed E-state index contributed by atoms with van der Waals surface area (Å²) >= 11 is 1.66. The lowest BCUT2D eigenvalue weighted by atomic mass is 10.1. The summed E-state index contributed by atoms with van der Waals surface area (Å²) in [7, 11) is 0. The van der Waals surface area contributed by atoms with Crippen LogP contribution in [0.25, 0.3) is 0 Å². The summed E-state index contributed by atoms with van der Waals surface area (Å²) in [6, 6.07) is 0.555. The normalized spacial score (nSPS) is 13.5. The van der Waals surface area contributed by atoms with E-state index in [1.54, 1.807) is 11.3 Å². The maximum absolute atomic E-state index is 4.07. The molecule has 1 aromatic rings. The van der Waals surface area contributed by atoms with Crippen molar-refractivity contribution in [1.82, 2.24) is 15.5 Å². The van der Waals surface area contributed by atoms with Crippen molar-refractivity contribution < 1.29 is 0 Å². The molecule has 4 heteroatoms. The third-order valence-corrected chi connectivity index (χ3v) is 2.83. The van der Waals surface area contributed by atoms with E-state index >= 15 is 0 Å². The van der Waals surface area contributed by atoms with E-state index in [0.29, 0.717) is 6.04 Å². The molecule has 0 amide bonds. The van der Waals surface area contributed by atoms with Crippen molar-refractivity contribution in [3.05, 3.63) is 10.0 Å².